The predicted octanol–water partition coefficient (Wildman–Crippen LogP) is 9.24. The van der Waals surface area contributed by atoms with Crippen LogP contribution in [0.3, 0.4) is 0 Å². The van der Waals surface area contributed by atoms with Crippen molar-refractivity contribution in [1.29, 1.82) is 0 Å². The van der Waals surface area contributed by atoms with Gasteiger partial charge >= 0.3 is 0 Å². The molecule has 4 aromatic carbocycles. The lowest BCUT2D eigenvalue weighted by Crippen LogP contribution is -2.33. The quantitative estimate of drug-likeness (QED) is 0.324. The van der Waals surface area contributed by atoms with Gasteiger partial charge in [-0.25, -0.2) is 0 Å². The third-order valence-corrected chi connectivity index (χ3v) is 8.70. The summed E-state index contributed by atoms with van der Waals surface area (Å²) in [5, 5.41) is 6.48. The standard InChI is InChI=1S/C33H35N/c1-31(2)17-18-32(3,4)29-20-23(14-16-27(29)31)34-22-13-15-26-25(19-22)24-11-7-9-21-10-8-12-28(30(21)24)33(26,5)6/h7-16,19-20,34H,17-18H2,1-6H3. The molecule has 0 saturated heterocycles. The van der Waals surface area contributed by atoms with E-state index in [0.29, 0.717) is 0 Å². The minimum atomic E-state index is -0.0246. The second-order valence-corrected chi connectivity index (χ2v) is 12.2. The van der Waals surface area contributed by atoms with Crippen LogP contribution in [0.4, 0.5) is 11.4 Å². The Balaban J connectivity index is 1.45. The molecular formula is C33H35N. The van der Waals surface area contributed by atoms with Crippen LogP contribution in [0.1, 0.15) is 76.6 Å². The number of rotatable bonds is 2. The third-order valence-electron chi connectivity index (χ3n) is 8.70. The lowest BCUT2D eigenvalue weighted by atomic mass is 9.63. The van der Waals surface area contributed by atoms with Crippen molar-refractivity contribution in [3.8, 4) is 11.1 Å². The van der Waals surface area contributed by atoms with Crippen LogP contribution >= 0.6 is 0 Å². The molecule has 6 rings (SSSR count). The molecule has 0 unspecified atom stereocenters. The fraction of sp³-hybridized carbons (Fsp3) is 0.333. The van der Waals surface area contributed by atoms with Crippen molar-refractivity contribution in [2.45, 2.75) is 70.6 Å². The first-order chi connectivity index (χ1) is 16.1. The Morgan fingerprint density at radius 1 is 0.559 bits per heavy atom. The van der Waals surface area contributed by atoms with Gasteiger partial charge in [0.15, 0.2) is 0 Å². The molecule has 0 saturated carbocycles. The van der Waals surface area contributed by atoms with Gasteiger partial charge in [-0.05, 0) is 92.1 Å². The summed E-state index contributed by atoms with van der Waals surface area (Å²) in [7, 11) is 0. The summed E-state index contributed by atoms with van der Waals surface area (Å²) >= 11 is 0. The van der Waals surface area contributed by atoms with E-state index in [1.807, 2.05) is 0 Å². The zero-order chi connectivity index (χ0) is 23.9. The summed E-state index contributed by atoms with van der Waals surface area (Å²) < 4.78 is 0. The van der Waals surface area contributed by atoms with E-state index >= 15 is 0 Å². The number of fused-ring (bicyclic) bond motifs is 3. The molecule has 0 amide bonds. The molecule has 0 radical (unpaired) electrons. The highest BCUT2D eigenvalue weighted by molar-refractivity contribution is 6.03. The fourth-order valence-electron chi connectivity index (χ4n) is 6.45. The lowest BCUT2D eigenvalue weighted by Gasteiger charge is -2.42. The molecule has 0 fully saturated rings. The van der Waals surface area contributed by atoms with Crippen molar-refractivity contribution in [1.82, 2.24) is 0 Å². The Hall–Kier alpha value is -3.06. The van der Waals surface area contributed by atoms with E-state index in [4.69, 9.17) is 0 Å². The molecule has 34 heavy (non-hydrogen) atoms. The van der Waals surface area contributed by atoms with Crippen molar-refractivity contribution < 1.29 is 0 Å². The first-order valence-corrected chi connectivity index (χ1v) is 12.7. The molecule has 2 aliphatic carbocycles. The molecule has 1 heteroatoms. The van der Waals surface area contributed by atoms with Gasteiger partial charge in [-0.2, -0.15) is 0 Å². The monoisotopic (exact) mass is 445 g/mol. The SMILES string of the molecule is CC1(C)CCC(C)(C)c2cc(Nc3ccc4c(c3)-c3cccc5cccc(c35)C4(C)C)ccc21. The zero-order valence-electron chi connectivity index (χ0n) is 21.3. The maximum atomic E-state index is 3.75. The van der Waals surface area contributed by atoms with Crippen molar-refractivity contribution >= 4 is 22.1 Å². The minimum Gasteiger partial charge on any atom is -0.356 e. The molecule has 0 aliphatic heterocycles. The van der Waals surface area contributed by atoms with Crippen LogP contribution in [0.25, 0.3) is 21.9 Å². The molecule has 2 aliphatic rings. The van der Waals surface area contributed by atoms with Crippen LogP contribution in [0.15, 0.2) is 72.8 Å². The van der Waals surface area contributed by atoms with Crippen LogP contribution in [0.2, 0.25) is 0 Å². The van der Waals surface area contributed by atoms with Gasteiger partial charge in [0.1, 0.15) is 0 Å². The minimum absolute atomic E-state index is 0.0246. The van der Waals surface area contributed by atoms with Crippen LogP contribution in [-0.2, 0) is 16.2 Å². The summed E-state index contributed by atoms with van der Waals surface area (Å²) in [6, 6.07) is 27.4. The van der Waals surface area contributed by atoms with Crippen molar-refractivity contribution in [2.24, 2.45) is 0 Å². The number of hydrogen-bond acceptors (Lipinski definition) is 1. The van der Waals surface area contributed by atoms with E-state index in [2.05, 4.69) is 120 Å². The maximum Gasteiger partial charge on any atom is 0.0390 e. The third kappa shape index (κ3) is 3.06. The van der Waals surface area contributed by atoms with Gasteiger partial charge in [0.2, 0.25) is 0 Å². The summed E-state index contributed by atoms with van der Waals surface area (Å²) in [5.74, 6) is 0. The van der Waals surface area contributed by atoms with E-state index < -0.39 is 0 Å². The molecule has 1 N–H and O–H groups in total. The zero-order valence-corrected chi connectivity index (χ0v) is 21.3. The summed E-state index contributed by atoms with van der Waals surface area (Å²) in [4.78, 5) is 0. The van der Waals surface area contributed by atoms with Crippen LogP contribution in [0, 0.1) is 0 Å². The first kappa shape index (κ1) is 21.5. The van der Waals surface area contributed by atoms with E-state index in [-0.39, 0.29) is 16.2 Å². The number of nitrogens with one attached hydrogen (secondary N) is 1. The largest absolute Gasteiger partial charge is 0.356 e. The second kappa shape index (κ2) is 6.98. The van der Waals surface area contributed by atoms with Crippen LogP contribution in [0.5, 0.6) is 0 Å². The van der Waals surface area contributed by atoms with Gasteiger partial charge in [-0.1, -0.05) is 90.1 Å². The molecule has 0 aromatic heterocycles. The van der Waals surface area contributed by atoms with Gasteiger partial charge in [0.25, 0.3) is 0 Å². The van der Waals surface area contributed by atoms with Crippen molar-refractivity contribution in [2.75, 3.05) is 5.32 Å². The number of anilines is 2. The number of hydrogen-bond donors (Lipinski definition) is 1. The molecule has 172 valence electrons. The molecule has 0 heterocycles. The fourth-order valence-corrected chi connectivity index (χ4v) is 6.45. The second-order valence-electron chi connectivity index (χ2n) is 12.2. The maximum absolute atomic E-state index is 3.75. The lowest BCUT2D eigenvalue weighted by molar-refractivity contribution is 0.332. The molecule has 0 spiro atoms. The molecular weight excluding hydrogens is 410 g/mol. The Morgan fingerprint density at radius 3 is 1.91 bits per heavy atom. The van der Waals surface area contributed by atoms with Gasteiger partial charge in [0, 0.05) is 16.8 Å². The number of benzene rings is 4. The average molecular weight is 446 g/mol. The van der Waals surface area contributed by atoms with E-state index in [1.54, 1.807) is 0 Å². The Kier molecular flexibility index (Phi) is 4.41. The van der Waals surface area contributed by atoms with E-state index in [9.17, 15) is 0 Å². The smallest absolute Gasteiger partial charge is 0.0390 e. The van der Waals surface area contributed by atoms with E-state index in [0.717, 1.165) is 5.69 Å². The molecule has 0 bridgehead atoms. The van der Waals surface area contributed by atoms with E-state index in [1.165, 1.54) is 62.7 Å². The molecule has 1 nitrogen and oxygen atoms in total. The van der Waals surface area contributed by atoms with Crippen LogP contribution < -0.4 is 5.32 Å². The Labute approximate surface area is 204 Å². The van der Waals surface area contributed by atoms with Crippen molar-refractivity contribution in [3.63, 3.8) is 0 Å². The average Bonchev–Trinajstić information content (AvgIpc) is 2.80. The van der Waals surface area contributed by atoms with Gasteiger partial charge < -0.3 is 5.32 Å². The van der Waals surface area contributed by atoms with Gasteiger partial charge in [0.05, 0.1) is 0 Å². The highest BCUT2D eigenvalue weighted by atomic mass is 14.9. The molecule has 0 atom stereocenters. The summed E-state index contributed by atoms with van der Waals surface area (Å²) in [6.45, 7) is 14.3. The highest BCUT2D eigenvalue weighted by Crippen LogP contribution is 2.50. The summed E-state index contributed by atoms with van der Waals surface area (Å²) in [5.41, 5.74) is 11.3. The normalized spacial score (nSPS) is 18.8. The summed E-state index contributed by atoms with van der Waals surface area (Å²) in [6.07, 6.45) is 2.47. The van der Waals surface area contributed by atoms with Gasteiger partial charge in [-0.15, -0.1) is 0 Å². The van der Waals surface area contributed by atoms with Gasteiger partial charge in [-0.3, -0.25) is 0 Å². The van der Waals surface area contributed by atoms with Crippen molar-refractivity contribution in [3.05, 3.63) is 95.1 Å². The Bertz CT molecular complexity index is 1450. The molecule has 4 aromatic rings. The first-order valence-electron chi connectivity index (χ1n) is 12.7. The van der Waals surface area contributed by atoms with Crippen LogP contribution in [-0.4, -0.2) is 0 Å². The topological polar surface area (TPSA) is 12.0 Å². The predicted molar refractivity (Wildman–Crippen MR) is 147 cm³/mol. The Morgan fingerprint density at radius 2 is 1.18 bits per heavy atom. The highest BCUT2D eigenvalue weighted by Gasteiger charge is 2.37.